The van der Waals surface area contributed by atoms with E-state index in [1.165, 1.54) is 0 Å². The normalized spacial score (nSPS) is 9.50. The molecule has 1 radical (unpaired) electrons. The molecule has 0 N–H and O–H groups in total. The molecule has 0 amide bonds. The van der Waals surface area contributed by atoms with Crippen molar-refractivity contribution in [1.82, 2.24) is 4.98 Å². The van der Waals surface area contributed by atoms with Gasteiger partial charge in [0.1, 0.15) is 5.75 Å². The van der Waals surface area contributed by atoms with Crippen molar-refractivity contribution in [2.45, 2.75) is 13.8 Å². The molecule has 1 rings (SSSR count). The lowest BCUT2D eigenvalue weighted by Gasteiger charge is -2.02. The van der Waals surface area contributed by atoms with E-state index >= 15 is 0 Å². The Morgan fingerprint density at radius 2 is 2.30 bits per heavy atom. The first-order valence-corrected chi connectivity index (χ1v) is 3.53. The van der Waals surface area contributed by atoms with Crippen molar-refractivity contribution in [3.05, 3.63) is 23.5 Å². The fourth-order valence-electron chi connectivity index (χ4n) is 0.750. The van der Waals surface area contributed by atoms with Gasteiger partial charge < -0.3 is 3.83 Å². The summed E-state index contributed by atoms with van der Waals surface area (Å²) < 4.78 is 4.92. The Kier molecular flexibility index (Phi) is 2.27. The smallest absolute Gasteiger partial charge is 0.179 e. The standard InChI is InChI=1S/C7H7BrNO/c1-5-3-9-4-6(2)7(5)10-8/h3H,1-2H3. The molecule has 0 atom stereocenters. The van der Waals surface area contributed by atoms with Gasteiger partial charge in [0.2, 0.25) is 0 Å². The van der Waals surface area contributed by atoms with Crippen molar-refractivity contribution < 1.29 is 3.83 Å². The quantitative estimate of drug-likeness (QED) is 0.694. The van der Waals surface area contributed by atoms with Crippen LogP contribution >= 0.6 is 16.3 Å². The van der Waals surface area contributed by atoms with Gasteiger partial charge in [0, 0.05) is 17.3 Å². The van der Waals surface area contributed by atoms with Gasteiger partial charge in [-0.3, -0.25) is 4.98 Å². The molecule has 1 aromatic rings. The maximum atomic E-state index is 4.92. The monoisotopic (exact) mass is 200 g/mol. The number of nitrogens with zero attached hydrogens (tertiary/aromatic N) is 1. The summed E-state index contributed by atoms with van der Waals surface area (Å²) in [5.41, 5.74) is 1.92. The Labute approximate surface area is 68.7 Å². The molecular formula is C7H7BrNO. The topological polar surface area (TPSA) is 22.1 Å². The van der Waals surface area contributed by atoms with Crippen LogP contribution in [0.2, 0.25) is 0 Å². The molecule has 0 aliphatic heterocycles. The summed E-state index contributed by atoms with van der Waals surface area (Å²) >= 11 is 2.91. The van der Waals surface area contributed by atoms with Gasteiger partial charge in [-0.25, -0.2) is 0 Å². The second-order valence-electron chi connectivity index (χ2n) is 2.08. The third kappa shape index (κ3) is 1.29. The number of aryl methyl sites for hydroxylation is 2. The predicted octanol–water partition coefficient (Wildman–Crippen LogP) is 2.19. The van der Waals surface area contributed by atoms with E-state index < -0.39 is 0 Å². The molecule has 53 valence electrons. The van der Waals surface area contributed by atoms with Gasteiger partial charge in [-0.1, -0.05) is 0 Å². The van der Waals surface area contributed by atoms with E-state index in [2.05, 4.69) is 27.4 Å². The van der Waals surface area contributed by atoms with Gasteiger partial charge in [0.25, 0.3) is 0 Å². The van der Waals surface area contributed by atoms with E-state index in [1.807, 2.05) is 13.8 Å². The van der Waals surface area contributed by atoms with E-state index in [1.54, 1.807) is 6.20 Å². The molecule has 1 aromatic heterocycles. The molecular weight excluding hydrogens is 194 g/mol. The fourth-order valence-corrected chi connectivity index (χ4v) is 1.25. The Morgan fingerprint density at radius 1 is 1.60 bits per heavy atom. The minimum Gasteiger partial charge on any atom is -0.417 e. The Morgan fingerprint density at radius 3 is 2.70 bits per heavy atom. The summed E-state index contributed by atoms with van der Waals surface area (Å²) in [6.45, 7) is 3.83. The number of aromatic nitrogens is 1. The number of halogens is 1. The average molecular weight is 201 g/mol. The van der Waals surface area contributed by atoms with Crippen LogP contribution in [-0.4, -0.2) is 4.98 Å². The first kappa shape index (κ1) is 7.54. The van der Waals surface area contributed by atoms with Crippen molar-refractivity contribution >= 4 is 16.3 Å². The Bertz CT molecular complexity index is 217. The largest absolute Gasteiger partial charge is 0.417 e. The van der Waals surface area contributed by atoms with Crippen molar-refractivity contribution in [2.24, 2.45) is 0 Å². The van der Waals surface area contributed by atoms with E-state index in [-0.39, 0.29) is 0 Å². The summed E-state index contributed by atoms with van der Waals surface area (Å²) in [4.78, 5) is 3.87. The van der Waals surface area contributed by atoms with Gasteiger partial charge in [-0.15, -0.1) is 0 Å². The van der Waals surface area contributed by atoms with Gasteiger partial charge in [-0.05, 0) is 13.8 Å². The molecule has 10 heavy (non-hydrogen) atoms. The van der Waals surface area contributed by atoms with Gasteiger partial charge >= 0.3 is 0 Å². The van der Waals surface area contributed by atoms with Crippen molar-refractivity contribution in [3.8, 4) is 5.75 Å². The highest BCUT2D eigenvalue weighted by Crippen LogP contribution is 2.21. The first-order valence-electron chi connectivity index (χ1n) is 2.88. The van der Waals surface area contributed by atoms with Crippen LogP contribution in [0.4, 0.5) is 0 Å². The maximum Gasteiger partial charge on any atom is 0.179 e. The molecule has 0 saturated carbocycles. The van der Waals surface area contributed by atoms with Crippen LogP contribution in [0.3, 0.4) is 0 Å². The Hall–Kier alpha value is -0.570. The first-order chi connectivity index (χ1) is 4.75. The summed E-state index contributed by atoms with van der Waals surface area (Å²) in [6, 6.07) is 0. The third-order valence-corrected chi connectivity index (χ3v) is 1.59. The zero-order valence-electron chi connectivity index (χ0n) is 5.81. The highest BCUT2D eigenvalue weighted by molar-refractivity contribution is 9.06. The average Bonchev–Trinajstić information content (AvgIpc) is 1.88. The van der Waals surface area contributed by atoms with Crippen LogP contribution in [0, 0.1) is 20.0 Å². The summed E-state index contributed by atoms with van der Waals surface area (Å²) in [5, 5.41) is 0. The van der Waals surface area contributed by atoms with Gasteiger partial charge in [0.05, 0.1) is 6.20 Å². The Balaban J connectivity index is 3.17. The van der Waals surface area contributed by atoms with E-state index in [0.717, 1.165) is 16.9 Å². The summed E-state index contributed by atoms with van der Waals surface area (Å²) in [7, 11) is 0. The number of rotatable bonds is 1. The molecule has 0 bridgehead atoms. The molecule has 2 nitrogen and oxygen atoms in total. The third-order valence-electron chi connectivity index (χ3n) is 1.27. The highest BCUT2D eigenvalue weighted by Gasteiger charge is 2.01. The molecule has 3 heteroatoms. The zero-order valence-corrected chi connectivity index (χ0v) is 7.40. The minimum atomic E-state index is 0.801. The van der Waals surface area contributed by atoms with Crippen molar-refractivity contribution in [1.29, 1.82) is 0 Å². The van der Waals surface area contributed by atoms with E-state index in [0.29, 0.717) is 0 Å². The number of hydrogen-bond acceptors (Lipinski definition) is 2. The molecule has 0 unspecified atom stereocenters. The highest BCUT2D eigenvalue weighted by atomic mass is 79.9. The van der Waals surface area contributed by atoms with Crippen LogP contribution in [0.5, 0.6) is 5.75 Å². The molecule has 0 saturated heterocycles. The lowest BCUT2D eigenvalue weighted by atomic mass is 10.2. The molecule has 0 spiro atoms. The van der Waals surface area contributed by atoms with Crippen LogP contribution in [0.1, 0.15) is 11.1 Å². The van der Waals surface area contributed by atoms with Gasteiger partial charge in [-0.2, -0.15) is 0 Å². The van der Waals surface area contributed by atoms with E-state index in [4.69, 9.17) is 3.83 Å². The second kappa shape index (κ2) is 3.01. The van der Waals surface area contributed by atoms with Crippen molar-refractivity contribution in [3.63, 3.8) is 0 Å². The number of hydrogen-bond donors (Lipinski definition) is 0. The van der Waals surface area contributed by atoms with Crippen LogP contribution in [0.25, 0.3) is 0 Å². The van der Waals surface area contributed by atoms with E-state index in [9.17, 15) is 0 Å². The van der Waals surface area contributed by atoms with Gasteiger partial charge in [0.15, 0.2) is 16.3 Å². The maximum absolute atomic E-state index is 4.92. The zero-order chi connectivity index (χ0) is 7.56. The van der Waals surface area contributed by atoms with Crippen LogP contribution in [-0.2, 0) is 0 Å². The minimum absolute atomic E-state index is 0.801. The lowest BCUT2D eigenvalue weighted by molar-refractivity contribution is 0.661. The van der Waals surface area contributed by atoms with Crippen LogP contribution < -0.4 is 3.83 Å². The summed E-state index contributed by atoms with van der Waals surface area (Å²) in [5.74, 6) is 0.801. The second-order valence-corrected chi connectivity index (χ2v) is 2.41. The number of pyridine rings is 1. The molecule has 0 aliphatic carbocycles. The summed E-state index contributed by atoms with van der Waals surface area (Å²) in [6.07, 6.45) is 4.50. The van der Waals surface area contributed by atoms with Crippen LogP contribution in [0.15, 0.2) is 6.20 Å². The van der Waals surface area contributed by atoms with Crippen molar-refractivity contribution in [2.75, 3.05) is 0 Å². The predicted molar refractivity (Wildman–Crippen MR) is 42.1 cm³/mol. The molecule has 0 aliphatic rings. The molecule has 0 aromatic carbocycles. The lowest BCUT2D eigenvalue weighted by Crippen LogP contribution is -1.87. The fraction of sp³-hybridized carbons (Fsp3) is 0.286. The molecule has 1 heterocycles. The molecule has 0 fully saturated rings. The SMILES string of the molecule is Cc1[c]ncc(C)c1OBr.